The lowest BCUT2D eigenvalue weighted by atomic mass is 10.1. The van der Waals surface area contributed by atoms with Crippen molar-refractivity contribution in [1.82, 2.24) is 9.88 Å². The second-order valence-electron chi connectivity index (χ2n) is 9.78. The van der Waals surface area contributed by atoms with E-state index in [2.05, 4.69) is 10.3 Å². The van der Waals surface area contributed by atoms with E-state index in [1.807, 2.05) is 67.6 Å². The van der Waals surface area contributed by atoms with Gasteiger partial charge in [-0.1, -0.05) is 30.3 Å². The van der Waals surface area contributed by atoms with Crippen LogP contribution < -0.4 is 15.8 Å². The number of nitrogens with one attached hydrogen (secondary N) is 1. The number of pyridine rings is 1. The van der Waals surface area contributed by atoms with E-state index in [0.29, 0.717) is 30.0 Å². The van der Waals surface area contributed by atoms with Gasteiger partial charge in [0.1, 0.15) is 12.0 Å². The molecule has 8 nitrogen and oxygen atoms in total. The molecule has 9 heteroatoms. The molecule has 0 atom stereocenters. The Kier molecular flexibility index (Phi) is 9.97. The number of aryl methyl sites for hydroxylation is 1. The minimum absolute atomic E-state index is 0.0439. The van der Waals surface area contributed by atoms with E-state index in [9.17, 15) is 14.4 Å². The number of nitrogens with zero attached hydrogens (tertiary/aromatic N) is 2. The molecule has 0 radical (unpaired) electrons. The molecule has 0 fully saturated rings. The van der Waals surface area contributed by atoms with Gasteiger partial charge >= 0.3 is 0 Å². The summed E-state index contributed by atoms with van der Waals surface area (Å²) in [5, 5.41) is 4.11. The Hall–Kier alpha value is -4.37. The number of methoxy groups -OCH3 is 1. The summed E-state index contributed by atoms with van der Waals surface area (Å²) in [5.41, 5.74) is 9.64. The van der Waals surface area contributed by atoms with Crippen LogP contribution in [0.5, 0.6) is 5.75 Å². The highest BCUT2D eigenvalue weighted by atomic mass is 32.2. The minimum atomic E-state index is -0.584. The number of amides is 2. The molecule has 0 aliphatic heterocycles. The molecule has 0 aliphatic carbocycles. The van der Waals surface area contributed by atoms with E-state index in [0.717, 1.165) is 57.5 Å². The Labute approximate surface area is 244 Å². The van der Waals surface area contributed by atoms with Gasteiger partial charge in [0.15, 0.2) is 0 Å². The number of aldehydes is 1. The zero-order chi connectivity index (χ0) is 29.4. The van der Waals surface area contributed by atoms with Crippen LogP contribution in [0.15, 0.2) is 76.7 Å². The van der Waals surface area contributed by atoms with Crippen molar-refractivity contribution in [3.63, 3.8) is 0 Å². The van der Waals surface area contributed by atoms with Crippen molar-refractivity contribution in [2.24, 2.45) is 5.73 Å². The zero-order valence-corrected chi connectivity index (χ0v) is 24.3. The molecular formula is C32H34N4O4S. The highest BCUT2D eigenvalue weighted by Crippen LogP contribution is 2.37. The van der Waals surface area contributed by atoms with Crippen LogP contribution in [0.4, 0.5) is 11.4 Å². The summed E-state index contributed by atoms with van der Waals surface area (Å²) in [4.78, 5) is 44.0. The molecule has 0 unspecified atom stereocenters. The Morgan fingerprint density at radius 3 is 2.61 bits per heavy atom. The van der Waals surface area contributed by atoms with E-state index in [-0.39, 0.29) is 11.5 Å². The van der Waals surface area contributed by atoms with Crippen LogP contribution in [-0.2, 0) is 4.79 Å². The Balaban J connectivity index is 1.62. The molecule has 0 saturated heterocycles. The van der Waals surface area contributed by atoms with Gasteiger partial charge in [0.25, 0.3) is 11.8 Å². The van der Waals surface area contributed by atoms with Gasteiger partial charge < -0.3 is 25.5 Å². The van der Waals surface area contributed by atoms with Gasteiger partial charge in [-0.15, -0.1) is 0 Å². The highest BCUT2D eigenvalue weighted by molar-refractivity contribution is 7.99. The maximum absolute atomic E-state index is 13.1. The van der Waals surface area contributed by atoms with E-state index in [4.69, 9.17) is 10.5 Å². The second kappa shape index (κ2) is 13.8. The van der Waals surface area contributed by atoms with Crippen LogP contribution in [0.3, 0.4) is 0 Å². The molecule has 1 aromatic heterocycles. The second-order valence-corrected chi connectivity index (χ2v) is 10.9. The summed E-state index contributed by atoms with van der Waals surface area (Å²) in [6.07, 6.45) is 5.60. The zero-order valence-electron chi connectivity index (χ0n) is 23.5. The van der Waals surface area contributed by atoms with Gasteiger partial charge in [-0.05, 0) is 67.8 Å². The fourth-order valence-corrected chi connectivity index (χ4v) is 5.59. The van der Waals surface area contributed by atoms with Crippen LogP contribution in [0.1, 0.15) is 52.0 Å². The number of rotatable bonds is 13. The maximum atomic E-state index is 13.1. The maximum Gasteiger partial charge on any atom is 0.253 e. The number of hydrogen-bond donors (Lipinski definition) is 2. The number of fused-ring (bicyclic) bond motifs is 1. The summed E-state index contributed by atoms with van der Waals surface area (Å²) in [7, 11) is 3.40. The van der Waals surface area contributed by atoms with Crippen LogP contribution in [0.25, 0.3) is 10.9 Å². The van der Waals surface area contributed by atoms with Gasteiger partial charge in [-0.3, -0.25) is 14.6 Å². The van der Waals surface area contributed by atoms with Crippen molar-refractivity contribution < 1.29 is 19.1 Å². The molecule has 0 saturated carbocycles. The molecule has 4 rings (SSSR count). The third kappa shape index (κ3) is 7.43. The number of carbonyl (C=O) groups excluding carboxylic acids is 3. The average Bonchev–Trinajstić information content (AvgIpc) is 2.97. The van der Waals surface area contributed by atoms with Gasteiger partial charge in [-0.25, -0.2) is 0 Å². The topological polar surface area (TPSA) is 115 Å². The van der Waals surface area contributed by atoms with Crippen molar-refractivity contribution in [1.29, 1.82) is 0 Å². The first kappa shape index (κ1) is 29.6. The number of aromatic nitrogens is 1. The fourth-order valence-electron chi connectivity index (χ4n) is 4.58. The molecule has 0 bridgehead atoms. The minimum Gasteiger partial charge on any atom is -0.497 e. The third-order valence-electron chi connectivity index (χ3n) is 6.72. The summed E-state index contributed by atoms with van der Waals surface area (Å²) in [6.45, 7) is 2.61. The molecule has 3 N–H and O–H groups in total. The highest BCUT2D eigenvalue weighted by Gasteiger charge is 2.17. The van der Waals surface area contributed by atoms with Gasteiger partial charge in [0.05, 0.1) is 23.9 Å². The molecular weight excluding hydrogens is 536 g/mol. The van der Waals surface area contributed by atoms with Gasteiger partial charge in [-0.2, -0.15) is 0 Å². The van der Waals surface area contributed by atoms with Crippen LogP contribution in [-0.4, -0.2) is 48.7 Å². The summed E-state index contributed by atoms with van der Waals surface area (Å²) in [5.74, 6) is 0.0524. The number of unbranched alkanes of at least 4 members (excludes halogenated alkanes) is 3. The Morgan fingerprint density at radius 2 is 1.85 bits per heavy atom. The molecule has 1 heterocycles. The van der Waals surface area contributed by atoms with Gasteiger partial charge in [0, 0.05) is 58.7 Å². The van der Waals surface area contributed by atoms with E-state index in [1.54, 1.807) is 19.1 Å². The number of hydrogen-bond acceptors (Lipinski definition) is 7. The monoisotopic (exact) mass is 570 g/mol. The molecule has 41 heavy (non-hydrogen) atoms. The lowest BCUT2D eigenvalue weighted by Gasteiger charge is -2.18. The summed E-state index contributed by atoms with van der Waals surface area (Å²) < 4.78 is 5.35. The van der Waals surface area contributed by atoms with Crippen LogP contribution >= 0.6 is 11.8 Å². The largest absolute Gasteiger partial charge is 0.497 e. The van der Waals surface area contributed by atoms with Gasteiger partial charge in [0.2, 0.25) is 0 Å². The molecule has 212 valence electrons. The van der Waals surface area contributed by atoms with Crippen LogP contribution in [0, 0.1) is 6.92 Å². The lowest BCUT2D eigenvalue weighted by Crippen LogP contribution is -2.27. The van der Waals surface area contributed by atoms with Crippen molar-refractivity contribution in [3.8, 4) is 5.75 Å². The quantitative estimate of drug-likeness (QED) is 0.142. The van der Waals surface area contributed by atoms with E-state index < -0.39 is 5.91 Å². The third-order valence-corrected chi connectivity index (χ3v) is 7.68. The SMILES string of the molecule is COc1cccc(Nc2c(C(N)=O)cnc3c(C)cc(Sc4cccc(C(=O)N(C)CCCCCC=O)c4)cc23)c1. The number of nitrogens with two attached hydrogens (primary N) is 1. The number of benzene rings is 3. The predicted molar refractivity (Wildman–Crippen MR) is 163 cm³/mol. The lowest BCUT2D eigenvalue weighted by molar-refractivity contribution is -0.107. The molecule has 0 aliphatic rings. The predicted octanol–water partition coefficient (Wildman–Crippen LogP) is 6.38. The Bertz CT molecular complexity index is 1570. The van der Waals surface area contributed by atoms with Crippen molar-refractivity contribution >= 4 is 52.1 Å². The fraction of sp³-hybridized carbons (Fsp3) is 0.250. The first-order chi connectivity index (χ1) is 19.8. The number of carbonyl (C=O) groups is 3. The number of anilines is 2. The summed E-state index contributed by atoms with van der Waals surface area (Å²) >= 11 is 1.53. The number of ether oxygens (including phenoxy) is 1. The average molecular weight is 571 g/mol. The Morgan fingerprint density at radius 1 is 1.05 bits per heavy atom. The molecule has 0 spiro atoms. The van der Waals surface area contributed by atoms with E-state index >= 15 is 0 Å². The molecule has 3 aromatic carbocycles. The van der Waals surface area contributed by atoms with Crippen LogP contribution in [0.2, 0.25) is 0 Å². The van der Waals surface area contributed by atoms with Crippen molar-refractivity contribution in [2.75, 3.05) is 26.0 Å². The normalized spacial score (nSPS) is 10.8. The molecule has 4 aromatic rings. The number of primary amides is 1. The molecule has 2 amide bonds. The van der Waals surface area contributed by atoms with E-state index in [1.165, 1.54) is 18.0 Å². The van der Waals surface area contributed by atoms with Crippen molar-refractivity contribution in [2.45, 2.75) is 42.4 Å². The first-order valence-corrected chi connectivity index (χ1v) is 14.2. The smallest absolute Gasteiger partial charge is 0.253 e. The van der Waals surface area contributed by atoms with Crippen molar-refractivity contribution in [3.05, 3.63) is 83.6 Å². The standard InChI is InChI=1S/C32H34N4O4S/c1-21-16-26(41-25-13-8-10-22(17-25)32(39)36(2)14-6-4-5-7-15-37)19-27-29(21)34-20-28(31(33)38)30(27)35-23-11-9-12-24(18-23)40-3/h8-13,15-20H,4-7,14H2,1-3H3,(H2,33,38)(H,34,35). The summed E-state index contributed by atoms with van der Waals surface area (Å²) in [6, 6.07) is 19.0. The first-order valence-electron chi connectivity index (χ1n) is 13.4.